The third-order valence-electron chi connectivity index (χ3n) is 2.76. The normalized spacial score (nSPS) is 11.5. The lowest BCUT2D eigenvalue weighted by Crippen LogP contribution is -2.08. The molecule has 0 aromatic carbocycles. The molecule has 0 saturated heterocycles. The smallest absolute Gasteiger partial charge is 0.433 e. The lowest BCUT2D eigenvalue weighted by molar-refractivity contribution is -0.141. The van der Waals surface area contributed by atoms with Gasteiger partial charge in [0.05, 0.1) is 5.69 Å². The van der Waals surface area contributed by atoms with Crippen molar-refractivity contribution >= 4 is 17.6 Å². The molecule has 0 bridgehead atoms. The van der Waals surface area contributed by atoms with Crippen molar-refractivity contribution in [2.24, 2.45) is 0 Å². The molecule has 2 rings (SSSR count). The maximum absolute atomic E-state index is 12.5. The van der Waals surface area contributed by atoms with Crippen molar-refractivity contribution in [3.8, 4) is 11.3 Å². The van der Waals surface area contributed by atoms with Crippen LogP contribution in [0, 0.1) is 6.92 Å². The molecule has 21 heavy (non-hydrogen) atoms. The molecule has 0 radical (unpaired) electrons. The van der Waals surface area contributed by atoms with E-state index >= 15 is 0 Å². The van der Waals surface area contributed by atoms with Crippen LogP contribution in [-0.2, 0) is 6.18 Å². The molecule has 1 N–H and O–H groups in total. The number of rotatable bonds is 2. The Morgan fingerprint density at radius 3 is 2.48 bits per heavy atom. The molecule has 0 aliphatic heterocycles. The zero-order chi connectivity index (χ0) is 15.8. The summed E-state index contributed by atoms with van der Waals surface area (Å²) in [4.78, 5) is 18.2. The molecular weight excluding hydrogens is 309 g/mol. The molecule has 0 fully saturated rings. The Morgan fingerprint density at radius 2 is 2.00 bits per heavy atom. The van der Waals surface area contributed by atoms with E-state index in [9.17, 15) is 18.0 Å². The topological polar surface area (TPSA) is 63.1 Å². The molecular formula is C13H8ClF3N2O2. The van der Waals surface area contributed by atoms with Crippen LogP contribution in [0.5, 0.6) is 0 Å². The van der Waals surface area contributed by atoms with Crippen LogP contribution >= 0.6 is 11.6 Å². The Hall–Kier alpha value is -2.15. The van der Waals surface area contributed by atoms with Crippen LogP contribution in [0.2, 0.25) is 5.02 Å². The Bertz CT molecular complexity index is 700. The monoisotopic (exact) mass is 316 g/mol. The second-order valence-electron chi connectivity index (χ2n) is 4.20. The number of hydrogen-bond acceptors (Lipinski definition) is 3. The minimum Gasteiger partial charge on any atom is -0.477 e. The van der Waals surface area contributed by atoms with Gasteiger partial charge in [0.25, 0.3) is 0 Å². The van der Waals surface area contributed by atoms with Gasteiger partial charge >= 0.3 is 12.1 Å². The minimum atomic E-state index is -4.54. The zero-order valence-corrected chi connectivity index (χ0v) is 11.3. The van der Waals surface area contributed by atoms with Crippen LogP contribution < -0.4 is 0 Å². The van der Waals surface area contributed by atoms with Crippen LogP contribution in [0.3, 0.4) is 0 Å². The molecule has 0 amide bonds. The number of carboxylic acid groups (broad SMARTS) is 1. The summed E-state index contributed by atoms with van der Waals surface area (Å²) >= 11 is 5.91. The third-order valence-corrected chi connectivity index (χ3v) is 3.15. The van der Waals surface area contributed by atoms with Crippen molar-refractivity contribution in [1.29, 1.82) is 0 Å². The van der Waals surface area contributed by atoms with Gasteiger partial charge in [-0.15, -0.1) is 0 Å². The summed E-state index contributed by atoms with van der Waals surface area (Å²) in [6, 6.07) is 3.16. The standard InChI is InChI=1S/C13H8ClF3N2O2/c1-6-8(14)4-9(12(20)21)19-11(6)7-2-3-10(18-5-7)13(15,16)17/h2-5H,1H3,(H,20,21). The van der Waals surface area contributed by atoms with Gasteiger partial charge in [0, 0.05) is 16.8 Å². The van der Waals surface area contributed by atoms with Crippen molar-refractivity contribution in [2.75, 3.05) is 0 Å². The summed E-state index contributed by atoms with van der Waals surface area (Å²) in [7, 11) is 0. The van der Waals surface area contributed by atoms with Crippen LogP contribution in [0.4, 0.5) is 13.2 Å². The second kappa shape index (κ2) is 5.33. The molecule has 0 saturated carbocycles. The third kappa shape index (κ3) is 3.13. The van der Waals surface area contributed by atoms with Gasteiger partial charge in [0.15, 0.2) is 0 Å². The summed E-state index contributed by atoms with van der Waals surface area (Å²) in [6.45, 7) is 1.59. The highest BCUT2D eigenvalue weighted by Crippen LogP contribution is 2.31. The van der Waals surface area contributed by atoms with E-state index in [0.717, 1.165) is 12.3 Å². The van der Waals surface area contributed by atoms with Gasteiger partial charge in [-0.2, -0.15) is 13.2 Å². The summed E-state index contributed by atoms with van der Waals surface area (Å²) in [5.41, 5.74) is -0.431. The number of nitrogens with zero attached hydrogens (tertiary/aromatic N) is 2. The lowest BCUT2D eigenvalue weighted by Gasteiger charge is -2.10. The largest absolute Gasteiger partial charge is 0.477 e. The first-order valence-electron chi connectivity index (χ1n) is 5.64. The first-order chi connectivity index (χ1) is 9.70. The molecule has 0 atom stereocenters. The van der Waals surface area contributed by atoms with Crippen LogP contribution in [0.15, 0.2) is 24.4 Å². The fraction of sp³-hybridized carbons (Fsp3) is 0.154. The van der Waals surface area contributed by atoms with Crippen LogP contribution in [-0.4, -0.2) is 21.0 Å². The van der Waals surface area contributed by atoms with E-state index in [1.807, 2.05) is 0 Å². The molecule has 8 heteroatoms. The Kier molecular flexibility index (Phi) is 3.87. The summed E-state index contributed by atoms with van der Waals surface area (Å²) in [5, 5.41) is 9.10. The number of pyridine rings is 2. The predicted molar refractivity (Wildman–Crippen MR) is 69.2 cm³/mol. The van der Waals surface area contributed by atoms with E-state index in [1.54, 1.807) is 6.92 Å². The number of halogens is 4. The van der Waals surface area contributed by atoms with Crippen LogP contribution in [0.25, 0.3) is 11.3 Å². The fourth-order valence-corrected chi connectivity index (χ4v) is 1.86. The molecule has 0 aliphatic rings. The molecule has 0 unspecified atom stereocenters. The van der Waals surface area contributed by atoms with E-state index in [0.29, 0.717) is 5.56 Å². The van der Waals surface area contributed by atoms with E-state index in [4.69, 9.17) is 16.7 Å². The maximum atomic E-state index is 12.5. The van der Waals surface area contributed by atoms with Gasteiger partial charge in [-0.05, 0) is 30.7 Å². The van der Waals surface area contributed by atoms with Gasteiger partial charge < -0.3 is 5.11 Å². The molecule has 2 aromatic heterocycles. The highest BCUT2D eigenvalue weighted by atomic mass is 35.5. The van der Waals surface area contributed by atoms with Gasteiger partial charge in [0.1, 0.15) is 11.4 Å². The van der Waals surface area contributed by atoms with Crippen molar-refractivity contribution in [1.82, 2.24) is 9.97 Å². The number of carbonyl (C=O) groups is 1. The van der Waals surface area contributed by atoms with Crippen molar-refractivity contribution in [3.05, 3.63) is 46.4 Å². The fourth-order valence-electron chi connectivity index (χ4n) is 1.67. The molecule has 2 heterocycles. The maximum Gasteiger partial charge on any atom is 0.433 e. The van der Waals surface area contributed by atoms with Gasteiger partial charge in [-0.1, -0.05) is 11.6 Å². The molecule has 0 aliphatic carbocycles. The predicted octanol–water partition coefficient (Wildman–Crippen LogP) is 3.82. The number of aromatic carboxylic acids is 1. The SMILES string of the molecule is Cc1c(Cl)cc(C(=O)O)nc1-c1ccc(C(F)(F)F)nc1. The van der Waals surface area contributed by atoms with E-state index in [2.05, 4.69) is 9.97 Å². The molecule has 2 aromatic rings. The highest BCUT2D eigenvalue weighted by Gasteiger charge is 2.32. The van der Waals surface area contributed by atoms with Crippen LogP contribution in [0.1, 0.15) is 21.7 Å². The quantitative estimate of drug-likeness (QED) is 0.914. The van der Waals surface area contributed by atoms with Crippen molar-refractivity contribution in [3.63, 3.8) is 0 Å². The number of hydrogen-bond donors (Lipinski definition) is 1. The second-order valence-corrected chi connectivity index (χ2v) is 4.61. The molecule has 0 spiro atoms. The molecule has 110 valence electrons. The Balaban J connectivity index is 2.54. The summed E-state index contributed by atoms with van der Waals surface area (Å²) in [5.74, 6) is -1.28. The first kappa shape index (κ1) is 15.2. The molecule has 4 nitrogen and oxygen atoms in total. The Morgan fingerprint density at radius 1 is 1.33 bits per heavy atom. The zero-order valence-electron chi connectivity index (χ0n) is 10.6. The average molecular weight is 317 g/mol. The van der Waals surface area contributed by atoms with E-state index < -0.39 is 17.8 Å². The minimum absolute atomic E-state index is 0.164. The lowest BCUT2D eigenvalue weighted by atomic mass is 10.1. The van der Waals surface area contributed by atoms with Gasteiger partial charge in [-0.3, -0.25) is 4.98 Å². The summed E-state index contributed by atoms with van der Waals surface area (Å²) in [6.07, 6.45) is -3.55. The van der Waals surface area contributed by atoms with Gasteiger partial charge in [-0.25, -0.2) is 9.78 Å². The Labute approximate surface area is 122 Å². The highest BCUT2D eigenvalue weighted by molar-refractivity contribution is 6.32. The van der Waals surface area contributed by atoms with Crippen molar-refractivity contribution < 1.29 is 23.1 Å². The number of aromatic nitrogens is 2. The first-order valence-corrected chi connectivity index (χ1v) is 6.02. The van der Waals surface area contributed by atoms with Gasteiger partial charge in [0.2, 0.25) is 0 Å². The summed E-state index contributed by atoms with van der Waals surface area (Å²) < 4.78 is 37.4. The van der Waals surface area contributed by atoms with Crippen molar-refractivity contribution in [2.45, 2.75) is 13.1 Å². The van der Waals surface area contributed by atoms with E-state index in [1.165, 1.54) is 12.1 Å². The number of carboxylic acids is 1. The van der Waals surface area contributed by atoms with E-state index in [-0.39, 0.29) is 22.0 Å². The number of alkyl halides is 3. The average Bonchev–Trinajstić information content (AvgIpc) is 2.40.